The monoisotopic (exact) mass is 383 g/mol. The Morgan fingerprint density at radius 2 is 1.89 bits per heavy atom. The van der Waals surface area contributed by atoms with Crippen LogP contribution in [0.1, 0.15) is 53.4 Å². The number of carbonyl (C=O) groups is 2. The fourth-order valence-electron chi connectivity index (χ4n) is 2.35. The molecule has 2 amide bonds. The van der Waals surface area contributed by atoms with Gasteiger partial charge in [-0.2, -0.15) is 0 Å². The number of unbranched alkanes of at least 4 members (excludes halogenated alkanes) is 1. The number of guanidine groups is 1. The van der Waals surface area contributed by atoms with Gasteiger partial charge < -0.3 is 25.6 Å². The van der Waals surface area contributed by atoms with Gasteiger partial charge in [-0.25, -0.2) is 9.79 Å². The molecular weight excluding hydrogens is 346 g/mol. The van der Waals surface area contributed by atoms with Gasteiger partial charge in [0.1, 0.15) is 12.1 Å². The van der Waals surface area contributed by atoms with E-state index in [0.717, 1.165) is 32.2 Å². The zero-order valence-electron chi connectivity index (χ0n) is 17.7. The van der Waals surface area contributed by atoms with Crippen molar-refractivity contribution in [3.8, 4) is 0 Å². The van der Waals surface area contributed by atoms with Gasteiger partial charge in [-0.15, -0.1) is 0 Å². The third kappa shape index (κ3) is 10.7. The average molecular weight is 384 g/mol. The Balaban J connectivity index is 2.61. The Kier molecular flexibility index (Phi) is 9.38. The summed E-state index contributed by atoms with van der Waals surface area (Å²) >= 11 is 0. The van der Waals surface area contributed by atoms with E-state index in [4.69, 9.17) is 4.74 Å². The van der Waals surface area contributed by atoms with Crippen molar-refractivity contribution in [1.82, 2.24) is 20.9 Å². The smallest absolute Gasteiger partial charge is 0.407 e. The molecule has 1 unspecified atom stereocenters. The number of ether oxygens (including phenoxy) is 1. The number of amides is 2. The predicted octanol–water partition coefficient (Wildman–Crippen LogP) is 1.71. The summed E-state index contributed by atoms with van der Waals surface area (Å²) in [5, 5.41) is 9.47. The van der Waals surface area contributed by atoms with Crippen LogP contribution in [-0.4, -0.2) is 68.2 Å². The molecule has 27 heavy (non-hydrogen) atoms. The zero-order valence-corrected chi connectivity index (χ0v) is 17.7. The van der Waals surface area contributed by atoms with E-state index >= 15 is 0 Å². The number of hydrogen-bond acceptors (Lipinski definition) is 4. The van der Waals surface area contributed by atoms with E-state index in [-0.39, 0.29) is 18.5 Å². The zero-order chi connectivity index (χ0) is 20.4. The van der Waals surface area contributed by atoms with Gasteiger partial charge in [0.25, 0.3) is 0 Å². The number of likely N-dealkylation sites (N-methyl/N-ethyl adjacent to an activating group) is 1. The molecule has 1 aliphatic carbocycles. The molecule has 0 aromatic heterocycles. The molecule has 0 bridgehead atoms. The predicted molar refractivity (Wildman–Crippen MR) is 108 cm³/mol. The number of nitrogens with zero attached hydrogens (tertiary/aromatic N) is 2. The average Bonchev–Trinajstić information content (AvgIpc) is 3.38. The number of hydrogen-bond donors (Lipinski definition) is 3. The molecule has 0 heterocycles. The van der Waals surface area contributed by atoms with Crippen LogP contribution in [0.4, 0.5) is 4.79 Å². The van der Waals surface area contributed by atoms with Crippen molar-refractivity contribution in [2.45, 2.75) is 65.0 Å². The molecule has 0 radical (unpaired) electrons. The van der Waals surface area contributed by atoms with E-state index in [1.165, 1.54) is 4.90 Å². The summed E-state index contributed by atoms with van der Waals surface area (Å²) in [6.07, 6.45) is 3.88. The highest BCUT2D eigenvalue weighted by molar-refractivity contribution is 5.84. The van der Waals surface area contributed by atoms with Gasteiger partial charge in [0.2, 0.25) is 5.91 Å². The van der Waals surface area contributed by atoms with Crippen molar-refractivity contribution in [2.75, 3.05) is 33.7 Å². The number of alkyl carbamates (subject to hydrolysis) is 1. The maximum atomic E-state index is 12.1. The summed E-state index contributed by atoms with van der Waals surface area (Å²) in [5.74, 6) is 0.984. The van der Waals surface area contributed by atoms with Crippen molar-refractivity contribution in [3.05, 3.63) is 0 Å². The number of rotatable bonds is 9. The Hall–Kier alpha value is -1.99. The first-order valence-corrected chi connectivity index (χ1v) is 9.84. The van der Waals surface area contributed by atoms with E-state index in [0.29, 0.717) is 18.4 Å². The van der Waals surface area contributed by atoms with Gasteiger partial charge in [0.15, 0.2) is 5.96 Å². The minimum atomic E-state index is -0.521. The summed E-state index contributed by atoms with van der Waals surface area (Å²) in [5.41, 5.74) is -0.521. The fraction of sp³-hybridized carbons (Fsp3) is 0.842. The van der Waals surface area contributed by atoms with E-state index < -0.39 is 11.7 Å². The van der Waals surface area contributed by atoms with Crippen molar-refractivity contribution in [3.63, 3.8) is 0 Å². The first-order chi connectivity index (χ1) is 12.6. The molecular formula is C19H37N5O3. The highest BCUT2D eigenvalue weighted by Crippen LogP contribution is 2.32. The normalized spacial score (nSPS) is 15.7. The van der Waals surface area contributed by atoms with Gasteiger partial charge in [-0.3, -0.25) is 4.79 Å². The summed E-state index contributed by atoms with van der Waals surface area (Å²) in [6.45, 7) is 9.07. The Bertz CT molecular complexity index is 510. The summed E-state index contributed by atoms with van der Waals surface area (Å²) in [4.78, 5) is 29.8. The lowest BCUT2D eigenvalue weighted by Crippen LogP contribution is -2.49. The van der Waals surface area contributed by atoms with Crippen LogP contribution in [0.15, 0.2) is 4.99 Å². The van der Waals surface area contributed by atoms with Gasteiger partial charge in [-0.05, 0) is 46.0 Å². The molecule has 0 aromatic rings. The molecule has 1 aliphatic rings. The van der Waals surface area contributed by atoms with Crippen LogP contribution < -0.4 is 16.0 Å². The van der Waals surface area contributed by atoms with E-state index in [9.17, 15) is 9.59 Å². The molecule has 8 nitrogen and oxygen atoms in total. The molecule has 1 saturated carbocycles. The van der Waals surface area contributed by atoms with E-state index in [1.807, 2.05) is 20.8 Å². The van der Waals surface area contributed by atoms with Crippen LogP contribution in [0, 0.1) is 5.92 Å². The second kappa shape index (κ2) is 11.0. The van der Waals surface area contributed by atoms with E-state index in [2.05, 4.69) is 27.9 Å². The summed E-state index contributed by atoms with van der Waals surface area (Å²) in [7, 11) is 3.42. The lowest BCUT2D eigenvalue weighted by atomic mass is 10.2. The van der Waals surface area contributed by atoms with Gasteiger partial charge in [0, 0.05) is 27.2 Å². The van der Waals surface area contributed by atoms with Crippen LogP contribution in [0.25, 0.3) is 0 Å². The van der Waals surface area contributed by atoms with E-state index in [1.54, 1.807) is 14.1 Å². The van der Waals surface area contributed by atoms with Gasteiger partial charge in [0.05, 0.1) is 6.04 Å². The maximum absolute atomic E-state index is 12.1. The van der Waals surface area contributed by atoms with Crippen molar-refractivity contribution in [2.24, 2.45) is 10.9 Å². The Morgan fingerprint density at radius 1 is 1.22 bits per heavy atom. The molecule has 3 N–H and O–H groups in total. The number of nitrogens with one attached hydrogen (secondary N) is 3. The molecule has 156 valence electrons. The molecule has 0 aliphatic heterocycles. The first kappa shape index (κ1) is 23.0. The summed E-state index contributed by atoms with van der Waals surface area (Å²) in [6, 6.07) is -0.0254. The van der Waals surface area contributed by atoms with Crippen molar-refractivity contribution in [1.29, 1.82) is 0 Å². The summed E-state index contributed by atoms with van der Waals surface area (Å²) < 4.78 is 5.36. The Labute approximate surface area is 163 Å². The standard InChI is InChI=1S/C19H37N5O3/c1-7-8-11-20-17(22-13-16(25)24(5)6)21-12-15(14-9-10-14)23-18(26)27-19(2,3)4/h14-15H,7-13H2,1-6H3,(H,23,26)(H2,20,21,22). The molecule has 0 aromatic carbocycles. The minimum absolute atomic E-state index is 0.0254. The van der Waals surface area contributed by atoms with Crippen LogP contribution in [-0.2, 0) is 9.53 Å². The third-order valence-corrected chi connectivity index (χ3v) is 4.08. The van der Waals surface area contributed by atoms with Crippen LogP contribution in [0.3, 0.4) is 0 Å². The maximum Gasteiger partial charge on any atom is 0.407 e. The van der Waals surface area contributed by atoms with Gasteiger partial charge >= 0.3 is 6.09 Å². The minimum Gasteiger partial charge on any atom is -0.444 e. The fourth-order valence-corrected chi connectivity index (χ4v) is 2.35. The molecule has 1 rings (SSSR count). The first-order valence-electron chi connectivity index (χ1n) is 9.84. The van der Waals surface area contributed by atoms with Crippen molar-refractivity contribution >= 4 is 18.0 Å². The third-order valence-electron chi connectivity index (χ3n) is 4.08. The lowest BCUT2D eigenvalue weighted by Gasteiger charge is -2.24. The molecule has 0 saturated heterocycles. The topological polar surface area (TPSA) is 95.1 Å². The Morgan fingerprint density at radius 3 is 2.41 bits per heavy atom. The second-order valence-corrected chi connectivity index (χ2v) is 8.20. The largest absolute Gasteiger partial charge is 0.444 e. The number of aliphatic imine (C=N–C) groups is 1. The highest BCUT2D eigenvalue weighted by atomic mass is 16.6. The van der Waals surface area contributed by atoms with Gasteiger partial charge in [-0.1, -0.05) is 13.3 Å². The van der Waals surface area contributed by atoms with Crippen LogP contribution >= 0.6 is 0 Å². The van der Waals surface area contributed by atoms with Crippen molar-refractivity contribution < 1.29 is 14.3 Å². The van der Waals surface area contributed by atoms with Crippen LogP contribution in [0.2, 0.25) is 0 Å². The quantitative estimate of drug-likeness (QED) is 0.320. The second-order valence-electron chi connectivity index (χ2n) is 8.20. The molecule has 0 spiro atoms. The van der Waals surface area contributed by atoms with Crippen LogP contribution in [0.5, 0.6) is 0 Å². The molecule has 1 fully saturated rings. The number of carbonyl (C=O) groups excluding carboxylic acids is 2. The molecule has 1 atom stereocenters. The highest BCUT2D eigenvalue weighted by Gasteiger charge is 2.33. The molecule has 8 heteroatoms. The SMILES string of the molecule is CCCCNC(=NCC(=O)N(C)C)NCC(NC(=O)OC(C)(C)C)C1CC1. The lowest BCUT2D eigenvalue weighted by molar-refractivity contribution is -0.127.